The summed E-state index contributed by atoms with van der Waals surface area (Å²) < 4.78 is 5.98. The van der Waals surface area contributed by atoms with Crippen molar-refractivity contribution in [1.82, 2.24) is 30.5 Å². The van der Waals surface area contributed by atoms with Gasteiger partial charge in [0.25, 0.3) is 0 Å². The molecule has 1 saturated heterocycles. The van der Waals surface area contributed by atoms with Crippen LogP contribution in [0.2, 0.25) is 0 Å². The second kappa shape index (κ2) is 6.66. The molecule has 0 spiro atoms. The first-order valence-corrected chi connectivity index (χ1v) is 10.1. The summed E-state index contributed by atoms with van der Waals surface area (Å²) in [6.07, 6.45) is 8.13. The maximum atomic E-state index is 5.98. The maximum Gasteiger partial charge on any atom is 0.318 e. The first kappa shape index (κ1) is 16.7. The minimum atomic E-state index is 0.533. The Morgan fingerprint density at radius 1 is 1.07 bits per heavy atom. The molecule has 3 aromatic heterocycles. The number of hydrogen-bond donors (Lipinski definition) is 2. The highest BCUT2D eigenvalue weighted by Crippen LogP contribution is 2.39. The van der Waals surface area contributed by atoms with Crippen LogP contribution in [0.25, 0.3) is 33.6 Å². The maximum absolute atomic E-state index is 5.98. The van der Waals surface area contributed by atoms with Crippen LogP contribution in [0.1, 0.15) is 24.5 Å². The second-order valence-electron chi connectivity index (χ2n) is 7.69. The molecule has 1 saturated carbocycles. The van der Waals surface area contributed by atoms with Crippen molar-refractivity contribution in [2.75, 3.05) is 31.1 Å². The Morgan fingerprint density at radius 3 is 2.83 bits per heavy atom. The molecule has 0 atom stereocenters. The molecule has 8 nitrogen and oxygen atoms in total. The molecule has 1 aliphatic heterocycles. The number of aromatic amines is 1. The molecule has 2 N–H and O–H groups in total. The van der Waals surface area contributed by atoms with E-state index in [0.717, 1.165) is 59.6 Å². The van der Waals surface area contributed by atoms with Crippen LogP contribution < -0.4 is 10.2 Å². The molecule has 4 heterocycles. The average Bonchev–Trinajstić information content (AvgIpc) is 3.36. The van der Waals surface area contributed by atoms with Crippen LogP contribution in [0.5, 0.6) is 0 Å². The second-order valence-corrected chi connectivity index (χ2v) is 7.69. The van der Waals surface area contributed by atoms with Gasteiger partial charge in [-0.3, -0.25) is 4.98 Å². The van der Waals surface area contributed by atoms with Crippen LogP contribution >= 0.6 is 0 Å². The number of aromatic nitrogens is 5. The molecule has 1 aliphatic carbocycles. The molecule has 0 amide bonds. The fraction of sp³-hybridized carbons (Fsp3) is 0.333. The minimum Gasteiger partial charge on any atom is -0.403 e. The normalized spacial score (nSPS) is 17.2. The molecule has 0 radical (unpaired) electrons. The summed E-state index contributed by atoms with van der Waals surface area (Å²) in [7, 11) is 0. The van der Waals surface area contributed by atoms with Gasteiger partial charge in [-0.05, 0) is 31.0 Å². The molecular weight excluding hydrogens is 366 g/mol. The summed E-state index contributed by atoms with van der Waals surface area (Å²) in [6.45, 7) is 3.60. The van der Waals surface area contributed by atoms with Gasteiger partial charge < -0.3 is 19.6 Å². The van der Waals surface area contributed by atoms with Crippen molar-refractivity contribution >= 4 is 16.9 Å². The van der Waals surface area contributed by atoms with Crippen LogP contribution in [0.4, 0.5) is 6.01 Å². The number of nitrogens with zero attached hydrogens (tertiary/aromatic N) is 5. The number of anilines is 1. The fourth-order valence-corrected chi connectivity index (χ4v) is 3.87. The third kappa shape index (κ3) is 3.05. The van der Waals surface area contributed by atoms with Crippen molar-refractivity contribution in [3.63, 3.8) is 0 Å². The largest absolute Gasteiger partial charge is 0.403 e. The summed E-state index contributed by atoms with van der Waals surface area (Å²) >= 11 is 0. The van der Waals surface area contributed by atoms with Gasteiger partial charge in [-0.1, -0.05) is 5.10 Å². The van der Waals surface area contributed by atoms with E-state index in [1.54, 1.807) is 0 Å². The highest BCUT2D eigenvalue weighted by Gasteiger charge is 2.26. The summed E-state index contributed by atoms with van der Waals surface area (Å²) in [5, 5.41) is 12.9. The number of nitrogens with one attached hydrogen (secondary N) is 2. The van der Waals surface area contributed by atoms with E-state index in [2.05, 4.69) is 36.4 Å². The summed E-state index contributed by atoms with van der Waals surface area (Å²) in [4.78, 5) is 14.7. The zero-order valence-corrected chi connectivity index (χ0v) is 15.9. The van der Waals surface area contributed by atoms with Crippen LogP contribution in [0, 0.1) is 0 Å². The Hall–Kier alpha value is -3.26. The third-order valence-corrected chi connectivity index (χ3v) is 5.66. The topological polar surface area (TPSA) is 95.8 Å². The van der Waals surface area contributed by atoms with Crippen molar-refractivity contribution in [2.45, 2.75) is 18.8 Å². The Balaban J connectivity index is 1.37. The lowest BCUT2D eigenvalue weighted by atomic mass is 10.1. The fourth-order valence-electron chi connectivity index (χ4n) is 3.87. The highest BCUT2D eigenvalue weighted by atomic mass is 16.4. The Bertz CT molecular complexity index is 1170. The number of hydrogen-bond acceptors (Lipinski definition) is 7. The van der Waals surface area contributed by atoms with Gasteiger partial charge in [0, 0.05) is 66.5 Å². The van der Waals surface area contributed by atoms with E-state index < -0.39 is 0 Å². The number of rotatable bonds is 4. The van der Waals surface area contributed by atoms with Gasteiger partial charge in [0.15, 0.2) is 0 Å². The van der Waals surface area contributed by atoms with Crippen molar-refractivity contribution in [3.8, 4) is 22.7 Å². The monoisotopic (exact) mass is 387 g/mol. The highest BCUT2D eigenvalue weighted by molar-refractivity contribution is 5.96. The Kier molecular flexibility index (Phi) is 3.83. The molecule has 2 aliphatic rings. The zero-order valence-electron chi connectivity index (χ0n) is 15.9. The van der Waals surface area contributed by atoms with Crippen molar-refractivity contribution in [2.24, 2.45) is 0 Å². The van der Waals surface area contributed by atoms with Gasteiger partial charge in [0.1, 0.15) is 0 Å². The zero-order chi connectivity index (χ0) is 19.2. The predicted molar refractivity (Wildman–Crippen MR) is 110 cm³/mol. The number of piperazine rings is 1. The van der Waals surface area contributed by atoms with Crippen LogP contribution in [0.15, 0.2) is 41.2 Å². The molecule has 1 aromatic carbocycles. The Morgan fingerprint density at radius 2 is 1.97 bits per heavy atom. The van der Waals surface area contributed by atoms with Crippen LogP contribution in [0.3, 0.4) is 0 Å². The SMILES string of the molecule is c1cc2[nH]cc(-c3cncc(C4CC4)n3)c2cc1-c1nnc(N2CCNCC2)o1. The molecule has 146 valence electrons. The smallest absolute Gasteiger partial charge is 0.318 e. The summed E-state index contributed by atoms with van der Waals surface area (Å²) in [5.74, 6) is 1.11. The molecule has 4 aromatic rings. The predicted octanol–water partition coefficient (Wildman–Crippen LogP) is 2.96. The number of benzene rings is 1. The van der Waals surface area contributed by atoms with Crippen LogP contribution in [-0.2, 0) is 0 Å². The minimum absolute atomic E-state index is 0.533. The molecule has 6 rings (SSSR count). The first-order chi connectivity index (χ1) is 14.3. The third-order valence-electron chi connectivity index (χ3n) is 5.66. The summed E-state index contributed by atoms with van der Waals surface area (Å²) in [6, 6.07) is 6.71. The van der Waals surface area contributed by atoms with Gasteiger partial charge in [0.2, 0.25) is 5.89 Å². The van der Waals surface area contributed by atoms with Gasteiger partial charge in [-0.2, -0.15) is 0 Å². The number of fused-ring (bicyclic) bond motifs is 1. The van der Waals surface area contributed by atoms with E-state index in [-0.39, 0.29) is 0 Å². The average molecular weight is 387 g/mol. The van der Waals surface area contributed by atoms with E-state index in [9.17, 15) is 0 Å². The molecule has 0 unspecified atom stereocenters. The van der Waals surface area contributed by atoms with Crippen molar-refractivity contribution < 1.29 is 4.42 Å². The van der Waals surface area contributed by atoms with Crippen molar-refractivity contribution in [1.29, 1.82) is 0 Å². The van der Waals surface area contributed by atoms with E-state index in [4.69, 9.17) is 9.40 Å². The molecule has 8 heteroatoms. The lowest BCUT2D eigenvalue weighted by molar-refractivity contribution is 0.505. The molecule has 29 heavy (non-hydrogen) atoms. The summed E-state index contributed by atoms with van der Waals surface area (Å²) in [5.41, 5.74) is 4.97. The van der Waals surface area contributed by atoms with Crippen molar-refractivity contribution in [3.05, 3.63) is 42.5 Å². The number of H-pyrrole nitrogens is 1. The molecular formula is C21H21N7O. The van der Waals surface area contributed by atoms with E-state index >= 15 is 0 Å². The van der Waals surface area contributed by atoms with Gasteiger partial charge in [-0.15, -0.1) is 5.10 Å². The van der Waals surface area contributed by atoms with Gasteiger partial charge in [-0.25, -0.2) is 4.98 Å². The van der Waals surface area contributed by atoms with Gasteiger partial charge >= 0.3 is 6.01 Å². The lowest BCUT2D eigenvalue weighted by Gasteiger charge is -2.24. The van der Waals surface area contributed by atoms with Gasteiger partial charge in [0.05, 0.1) is 17.6 Å². The molecule has 0 bridgehead atoms. The first-order valence-electron chi connectivity index (χ1n) is 10.1. The standard InChI is InChI=1S/C21H21N7O/c1-2-13(1)18-11-23-12-19(25-18)16-10-24-17-4-3-14(9-15(16)17)20-26-27-21(29-20)28-7-5-22-6-8-28/h3-4,9-13,22,24H,1-2,5-8H2. The van der Waals surface area contributed by atoms with E-state index in [0.29, 0.717) is 17.8 Å². The Labute approximate surface area is 167 Å². The van der Waals surface area contributed by atoms with E-state index in [1.165, 1.54) is 12.8 Å². The molecule has 2 fully saturated rings. The quantitative estimate of drug-likeness (QED) is 0.556. The lowest BCUT2D eigenvalue weighted by Crippen LogP contribution is -2.43. The van der Waals surface area contributed by atoms with E-state index in [1.807, 2.05) is 30.7 Å². The van der Waals surface area contributed by atoms with Crippen LogP contribution in [-0.4, -0.2) is 51.3 Å².